The Labute approximate surface area is 130 Å². The van der Waals surface area contributed by atoms with Gasteiger partial charge >= 0.3 is 0 Å². The molecular formula is C16H21Cl2NO. The lowest BCUT2D eigenvalue weighted by Crippen LogP contribution is -2.35. The summed E-state index contributed by atoms with van der Waals surface area (Å²) in [4.78, 5) is 0. The third kappa shape index (κ3) is 3.08. The van der Waals surface area contributed by atoms with E-state index in [2.05, 4.69) is 5.32 Å². The van der Waals surface area contributed by atoms with Crippen molar-refractivity contribution in [1.82, 2.24) is 5.32 Å². The van der Waals surface area contributed by atoms with Gasteiger partial charge in [0.1, 0.15) is 16.9 Å². The molecule has 0 aromatic heterocycles. The van der Waals surface area contributed by atoms with E-state index in [9.17, 15) is 0 Å². The third-order valence-electron chi connectivity index (χ3n) is 4.61. The maximum atomic E-state index is 6.34. The molecule has 1 saturated carbocycles. The van der Waals surface area contributed by atoms with Crippen LogP contribution in [0.5, 0.6) is 5.75 Å². The molecular weight excluding hydrogens is 293 g/mol. The van der Waals surface area contributed by atoms with E-state index in [1.54, 1.807) is 6.07 Å². The Morgan fingerprint density at radius 3 is 2.60 bits per heavy atom. The normalized spacial score (nSPS) is 25.0. The smallest absolute Gasteiger partial charge is 0.139 e. The van der Waals surface area contributed by atoms with Crippen molar-refractivity contribution in [2.24, 2.45) is 11.8 Å². The first-order valence-electron chi connectivity index (χ1n) is 7.57. The van der Waals surface area contributed by atoms with Gasteiger partial charge in [-0.25, -0.2) is 0 Å². The van der Waals surface area contributed by atoms with Gasteiger partial charge in [-0.15, -0.1) is 0 Å². The fraction of sp³-hybridized carbons (Fsp3) is 0.625. The molecule has 1 saturated heterocycles. The standard InChI is InChI=1S/C16H21Cl2NO/c17-13-6-3-7-14(15(13)18)20-16(11-4-1-2-5-11)12-8-9-19-10-12/h3,6-7,11-12,16,19H,1-2,4-5,8-10H2. The van der Waals surface area contributed by atoms with Crippen LogP contribution in [-0.4, -0.2) is 19.2 Å². The molecule has 1 aromatic carbocycles. The Morgan fingerprint density at radius 2 is 1.90 bits per heavy atom. The molecule has 20 heavy (non-hydrogen) atoms. The van der Waals surface area contributed by atoms with Crippen LogP contribution in [0.4, 0.5) is 0 Å². The highest BCUT2D eigenvalue weighted by Crippen LogP contribution is 2.38. The first-order valence-corrected chi connectivity index (χ1v) is 8.32. The molecule has 3 rings (SSSR count). The molecule has 0 radical (unpaired) electrons. The number of rotatable bonds is 4. The first kappa shape index (κ1) is 14.5. The van der Waals surface area contributed by atoms with Crippen LogP contribution in [-0.2, 0) is 0 Å². The molecule has 2 unspecified atom stereocenters. The van der Waals surface area contributed by atoms with E-state index in [1.807, 2.05) is 12.1 Å². The quantitative estimate of drug-likeness (QED) is 0.881. The van der Waals surface area contributed by atoms with Gasteiger partial charge < -0.3 is 10.1 Å². The summed E-state index contributed by atoms with van der Waals surface area (Å²) in [5.74, 6) is 1.99. The van der Waals surface area contributed by atoms with Crippen molar-refractivity contribution in [3.05, 3.63) is 28.2 Å². The zero-order chi connectivity index (χ0) is 13.9. The van der Waals surface area contributed by atoms with E-state index in [0.717, 1.165) is 18.8 Å². The number of nitrogens with one attached hydrogen (secondary N) is 1. The summed E-state index contributed by atoms with van der Waals surface area (Å²) in [6.07, 6.45) is 6.67. The van der Waals surface area contributed by atoms with Crippen molar-refractivity contribution < 1.29 is 4.74 Å². The minimum absolute atomic E-state index is 0.267. The van der Waals surface area contributed by atoms with Crippen LogP contribution in [0, 0.1) is 11.8 Å². The molecule has 0 amide bonds. The number of hydrogen-bond acceptors (Lipinski definition) is 2. The molecule has 1 heterocycles. The van der Waals surface area contributed by atoms with Crippen molar-refractivity contribution in [3.63, 3.8) is 0 Å². The first-order chi connectivity index (χ1) is 9.75. The molecule has 0 bridgehead atoms. The maximum Gasteiger partial charge on any atom is 0.139 e. The van der Waals surface area contributed by atoms with Gasteiger partial charge in [0.2, 0.25) is 0 Å². The molecule has 1 aliphatic carbocycles. The average Bonchev–Trinajstić information content (AvgIpc) is 3.13. The Balaban J connectivity index is 1.79. The SMILES string of the molecule is Clc1cccc(OC(C2CCCC2)C2CCNC2)c1Cl. The summed E-state index contributed by atoms with van der Waals surface area (Å²) in [5.41, 5.74) is 0. The summed E-state index contributed by atoms with van der Waals surface area (Å²) in [7, 11) is 0. The predicted molar refractivity (Wildman–Crippen MR) is 83.8 cm³/mol. The van der Waals surface area contributed by atoms with Crippen LogP contribution < -0.4 is 10.1 Å². The van der Waals surface area contributed by atoms with Gasteiger partial charge in [-0.1, -0.05) is 42.1 Å². The lowest BCUT2D eigenvalue weighted by atomic mass is 9.89. The van der Waals surface area contributed by atoms with Crippen LogP contribution in [0.15, 0.2) is 18.2 Å². The van der Waals surface area contributed by atoms with Crippen LogP contribution in [0.1, 0.15) is 32.1 Å². The van der Waals surface area contributed by atoms with Gasteiger partial charge in [0, 0.05) is 12.5 Å². The second kappa shape index (κ2) is 6.55. The van der Waals surface area contributed by atoms with Crippen molar-refractivity contribution in [3.8, 4) is 5.75 Å². The number of hydrogen-bond donors (Lipinski definition) is 1. The van der Waals surface area contributed by atoms with Gasteiger partial charge in [0.15, 0.2) is 0 Å². The number of benzene rings is 1. The topological polar surface area (TPSA) is 21.3 Å². The van der Waals surface area contributed by atoms with Crippen LogP contribution in [0.3, 0.4) is 0 Å². The van der Waals surface area contributed by atoms with Crippen molar-refractivity contribution in [2.45, 2.75) is 38.2 Å². The number of halogens is 2. The van der Waals surface area contributed by atoms with Crippen LogP contribution >= 0.6 is 23.2 Å². The van der Waals surface area contributed by atoms with Gasteiger partial charge in [0.25, 0.3) is 0 Å². The second-order valence-electron chi connectivity index (χ2n) is 5.93. The predicted octanol–water partition coefficient (Wildman–Crippen LogP) is 4.54. The fourth-order valence-electron chi connectivity index (χ4n) is 3.54. The molecule has 2 aliphatic rings. The minimum atomic E-state index is 0.267. The van der Waals surface area contributed by atoms with E-state index in [4.69, 9.17) is 27.9 Å². The Hall–Kier alpha value is -0.440. The molecule has 0 spiro atoms. The van der Waals surface area contributed by atoms with Crippen molar-refractivity contribution in [2.75, 3.05) is 13.1 Å². The third-order valence-corrected chi connectivity index (χ3v) is 5.41. The molecule has 4 heteroatoms. The van der Waals surface area contributed by atoms with Crippen molar-refractivity contribution >= 4 is 23.2 Å². The van der Waals surface area contributed by atoms with Crippen molar-refractivity contribution in [1.29, 1.82) is 0 Å². The van der Waals surface area contributed by atoms with Crippen LogP contribution in [0.25, 0.3) is 0 Å². The van der Waals surface area contributed by atoms with Gasteiger partial charge in [0.05, 0.1) is 5.02 Å². The highest BCUT2D eigenvalue weighted by atomic mass is 35.5. The van der Waals surface area contributed by atoms with Gasteiger partial charge in [-0.2, -0.15) is 0 Å². The second-order valence-corrected chi connectivity index (χ2v) is 6.72. The molecule has 2 nitrogen and oxygen atoms in total. The average molecular weight is 314 g/mol. The molecule has 1 aromatic rings. The van der Waals surface area contributed by atoms with E-state index in [0.29, 0.717) is 21.9 Å². The molecule has 110 valence electrons. The lowest BCUT2D eigenvalue weighted by molar-refractivity contribution is 0.0844. The highest BCUT2D eigenvalue weighted by Gasteiger charge is 2.35. The highest BCUT2D eigenvalue weighted by molar-refractivity contribution is 6.42. The summed E-state index contributed by atoms with van der Waals surface area (Å²) in [6.45, 7) is 2.15. The van der Waals surface area contributed by atoms with Crippen LogP contribution in [0.2, 0.25) is 10.0 Å². The monoisotopic (exact) mass is 313 g/mol. The minimum Gasteiger partial charge on any atom is -0.488 e. The van der Waals surface area contributed by atoms with Gasteiger partial charge in [-0.3, -0.25) is 0 Å². The zero-order valence-electron chi connectivity index (χ0n) is 11.6. The van der Waals surface area contributed by atoms with E-state index in [1.165, 1.54) is 32.1 Å². The van der Waals surface area contributed by atoms with Gasteiger partial charge in [-0.05, 0) is 43.9 Å². The summed E-state index contributed by atoms with van der Waals surface area (Å²) >= 11 is 12.4. The largest absolute Gasteiger partial charge is 0.488 e. The Kier molecular flexibility index (Phi) is 4.75. The fourth-order valence-corrected chi connectivity index (χ4v) is 3.88. The summed E-state index contributed by atoms with van der Waals surface area (Å²) in [6, 6.07) is 5.64. The van der Waals surface area contributed by atoms with E-state index < -0.39 is 0 Å². The molecule has 2 atom stereocenters. The Morgan fingerprint density at radius 1 is 1.10 bits per heavy atom. The lowest BCUT2D eigenvalue weighted by Gasteiger charge is -2.30. The molecule has 1 aliphatic heterocycles. The maximum absolute atomic E-state index is 6.34. The van der Waals surface area contributed by atoms with E-state index >= 15 is 0 Å². The summed E-state index contributed by atoms with van der Waals surface area (Å²) < 4.78 is 6.34. The zero-order valence-corrected chi connectivity index (χ0v) is 13.1. The number of ether oxygens (including phenoxy) is 1. The Bertz CT molecular complexity index is 438. The summed E-state index contributed by atoms with van der Waals surface area (Å²) in [5, 5.41) is 4.56. The van der Waals surface area contributed by atoms with E-state index in [-0.39, 0.29) is 6.10 Å². The molecule has 2 fully saturated rings. The molecule has 1 N–H and O–H groups in total.